The van der Waals surface area contributed by atoms with Gasteiger partial charge in [0, 0.05) is 12.6 Å². The minimum atomic E-state index is -0.166. The van der Waals surface area contributed by atoms with Crippen LogP contribution in [0.4, 0.5) is 0 Å². The van der Waals surface area contributed by atoms with Crippen LogP contribution in [-0.4, -0.2) is 49.7 Å². The topological polar surface area (TPSA) is 41.6 Å². The van der Waals surface area contributed by atoms with Gasteiger partial charge in [0.25, 0.3) is 0 Å². The highest BCUT2D eigenvalue weighted by Crippen LogP contribution is 2.27. The van der Waals surface area contributed by atoms with Gasteiger partial charge < -0.3 is 15.0 Å². The fraction of sp³-hybridized carbons (Fsp3) is 0.933. The number of hydrogen-bond acceptors (Lipinski definition) is 4. The van der Waals surface area contributed by atoms with E-state index >= 15 is 0 Å². The summed E-state index contributed by atoms with van der Waals surface area (Å²) in [5, 5.41) is 3.06. The van der Waals surface area contributed by atoms with Crippen molar-refractivity contribution in [2.24, 2.45) is 5.92 Å². The Hall–Kier alpha value is -0.610. The molecule has 4 heteroatoms. The van der Waals surface area contributed by atoms with Gasteiger partial charge in [-0.05, 0) is 52.1 Å². The van der Waals surface area contributed by atoms with Gasteiger partial charge in [-0.3, -0.25) is 4.79 Å². The van der Waals surface area contributed by atoms with E-state index in [4.69, 9.17) is 4.74 Å². The highest BCUT2D eigenvalue weighted by molar-refractivity contribution is 5.75. The first-order chi connectivity index (χ1) is 9.08. The third kappa shape index (κ3) is 6.39. The molecule has 1 fully saturated rings. The number of carbonyl (C=O) groups excluding carboxylic acids is 1. The van der Waals surface area contributed by atoms with E-state index in [9.17, 15) is 4.79 Å². The van der Waals surface area contributed by atoms with Gasteiger partial charge in [0.2, 0.25) is 0 Å². The van der Waals surface area contributed by atoms with E-state index in [0.29, 0.717) is 6.61 Å². The molecule has 0 amide bonds. The first-order valence-electron chi connectivity index (χ1n) is 7.66. The molecule has 1 aliphatic rings. The average Bonchev–Trinajstić information content (AvgIpc) is 3.18. The van der Waals surface area contributed by atoms with Crippen LogP contribution in [0.1, 0.15) is 46.5 Å². The number of carbonyl (C=O) groups is 1. The van der Waals surface area contributed by atoms with Crippen LogP contribution >= 0.6 is 0 Å². The van der Waals surface area contributed by atoms with Gasteiger partial charge in [-0.15, -0.1) is 0 Å². The van der Waals surface area contributed by atoms with Gasteiger partial charge in [0.15, 0.2) is 0 Å². The highest BCUT2D eigenvalue weighted by Gasteiger charge is 2.29. The van der Waals surface area contributed by atoms with Crippen molar-refractivity contribution >= 4 is 5.97 Å². The van der Waals surface area contributed by atoms with Gasteiger partial charge >= 0.3 is 5.97 Å². The molecule has 19 heavy (non-hydrogen) atoms. The van der Waals surface area contributed by atoms with Crippen LogP contribution < -0.4 is 5.32 Å². The summed E-state index contributed by atoms with van der Waals surface area (Å²) in [6.45, 7) is 8.98. The van der Waals surface area contributed by atoms with Crippen molar-refractivity contribution in [3.63, 3.8) is 0 Å². The van der Waals surface area contributed by atoms with E-state index < -0.39 is 0 Å². The lowest BCUT2D eigenvalue weighted by Gasteiger charge is -2.25. The summed E-state index contributed by atoms with van der Waals surface area (Å²) in [6.07, 6.45) is 4.72. The Balaban J connectivity index is 2.34. The second kappa shape index (κ2) is 8.54. The summed E-state index contributed by atoms with van der Waals surface area (Å²) in [5.74, 6) is 0.621. The molecule has 0 aromatic carbocycles. The molecule has 1 rings (SSSR count). The largest absolute Gasteiger partial charge is 0.465 e. The van der Waals surface area contributed by atoms with E-state index in [1.165, 1.54) is 19.3 Å². The van der Waals surface area contributed by atoms with E-state index in [1.807, 2.05) is 14.0 Å². The molecule has 0 saturated heterocycles. The molecule has 112 valence electrons. The standard InChI is InChI=1S/C15H30N2O2/c1-5-19-15(18)14(16-4)9-11-17(13-6-7-13)10-8-12(2)3/h12-14,16H,5-11H2,1-4H3. The number of ether oxygens (including phenoxy) is 1. The number of hydrogen-bond donors (Lipinski definition) is 1. The molecular formula is C15H30N2O2. The van der Waals surface area contributed by atoms with E-state index in [-0.39, 0.29) is 12.0 Å². The Kier molecular flexibility index (Phi) is 7.39. The third-order valence-corrected chi connectivity index (χ3v) is 3.68. The van der Waals surface area contributed by atoms with Crippen LogP contribution in [0.25, 0.3) is 0 Å². The van der Waals surface area contributed by atoms with Crippen LogP contribution in [0.3, 0.4) is 0 Å². The quantitative estimate of drug-likeness (QED) is 0.617. The maximum atomic E-state index is 11.7. The number of esters is 1. The molecule has 4 nitrogen and oxygen atoms in total. The summed E-state index contributed by atoms with van der Waals surface area (Å²) in [5.41, 5.74) is 0. The van der Waals surface area contributed by atoms with Crippen LogP contribution in [0.5, 0.6) is 0 Å². The molecule has 0 aliphatic heterocycles. The summed E-state index contributed by atoms with van der Waals surface area (Å²) in [6, 6.07) is 0.596. The van der Waals surface area contributed by atoms with Crippen molar-refractivity contribution in [1.29, 1.82) is 0 Å². The zero-order valence-corrected chi connectivity index (χ0v) is 12.9. The van der Waals surface area contributed by atoms with Crippen molar-refractivity contribution in [3.05, 3.63) is 0 Å². The first-order valence-corrected chi connectivity index (χ1v) is 7.66. The van der Waals surface area contributed by atoms with Gasteiger partial charge in [-0.25, -0.2) is 0 Å². The lowest BCUT2D eigenvalue weighted by Crippen LogP contribution is -2.40. The first kappa shape index (κ1) is 16.4. The predicted molar refractivity (Wildman–Crippen MR) is 78.1 cm³/mol. The van der Waals surface area contributed by atoms with Crippen molar-refractivity contribution in [2.75, 3.05) is 26.7 Å². The lowest BCUT2D eigenvalue weighted by molar-refractivity contribution is -0.145. The molecule has 0 bridgehead atoms. The third-order valence-electron chi connectivity index (χ3n) is 3.68. The van der Waals surface area contributed by atoms with Crippen molar-refractivity contribution in [2.45, 2.75) is 58.5 Å². The van der Waals surface area contributed by atoms with Crippen molar-refractivity contribution in [1.82, 2.24) is 10.2 Å². The van der Waals surface area contributed by atoms with E-state index in [1.54, 1.807) is 0 Å². The summed E-state index contributed by atoms with van der Waals surface area (Å²) >= 11 is 0. The Morgan fingerprint density at radius 1 is 1.32 bits per heavy atom. The maximum Gasteiger partial charge on any atom is 0.323 e. The molecule has 0 spiro atoms. The van der Waals surface area contributed by atoms with Crippen LogP contribution in [0.15, 0.2) is 0 Å². The summed E-state index contributed by atoms with van der Waals surface area (Å²) in [7, 11) is 1.83. The maximum absolute atomic E-state index is 11.7. The number of nitrogens with zero attached hydrogens (tertiary/aromatic N) is 1. The van der Waals surface area contributed by atoms with E-state index in [2.05, 4.69) is 24.1 Å². The second-order valence-electron chi connectivity index (χ2n) is 5.83. The summed E-state index contributed by atoms with van der Waals surface area (Å²) < 4.78 is 5.08. The monoisotopic (exact) mass is 270 g/mol. The Morgan fingerprint density at radius 3 is 2.42 bits per heavy atom. The van der Waals surface area contributed by atoms with Gasteiger partial charge in [0.05, 0.1) is 6.61 Å². The molecule has 0 aromatic heterocycles. The predicted octanol–water partition coefficient (Wildman–Crippen LogP) is 2.04. The SMILES string of the molecule is CCOC(=O)C(CCN(CCC(C)C)C1CC1)NC. The Bertz CT molecular complexity index is 265. The fourth-order valence-electron chi connectivity index (χ4n) is 2.26. The molecule has 1 aliphatic carbocycles. The Labute approximate surface area is 117 Å². The number of likely N-dealkylation sites (N-methyl/N-ethyl adjacent to an activating group) is 1. The molecule has 0 radical (unpaired) electrons. The smallest absolute Gasteiger partial charge is 0.323 e. The fourth-order valence-corrected chi connectivity index (χ4v) is 2.26. The molecule has 1 unspecified atom stereocenters. The Morgan fingerprint density at radius 2 is 1.95 bits per heavy atom. The van der Waals surface area contributed by atoms with Crippen LogP contribution in [-0.2, 0) is 9.53 Å². The molecule has 0 heterocycles. The average molecular weight is 270 g/mol. The van der Waals surface area contributed by atoms with Gasteiger partial charge in [-0.2, -0.15) is 0 Å². The zero-order valence-electron chi connectivity index (χ0n) is 12.9. The highest BCUT2D eigenvalue weighted by atomic mass is 16.5. The zero-order chi connectivity index (χ0) is 14.3. The van der Waals surface area contributed by atoms with Crippen LogP contribution in [0.2, 0.25) is 0 Å². The molecule has 1 saturated carbocycles. The molecule has 0 aromatic rings. The minimum Gasteiger partial charge on any atom is -0.465 e. The molecule has 1 N–H and O–H groups in total. The van der Waals surface area contributed by atoms with Crippen LogP contribution in [0, 0.1) is 5.92 Å². The molecular weight excluding hydrogens is 240 g/mol. The minimum absolute atomic E-state index is 0.121. The van der Waals surface area contributed by atoms with Crippen molar-refractivity contribution < 1.29 is 9.53 Å². The second-order valence-corrected chi connectivity index (χ2v) is 5.83. The van der Waals surface area contributed by atoms with E-state index in [0.717, 1.165) is 31.5 Å². The summed E-state index contributed by atoms with van der Waals surface area (Å²) in [4.78, 5) is 14.3. The molecule has 1 atom stereocenters. The lowest BCUT2D eigenvalue weighted by atomic mass is 10.1. The van der Waals surface area contributed by atoms with Crippen molar-refractivity contribution in [3.8, 4) is 0 Å². The van der Waals surface area contributed by atoms with Gasteiger partial charge in [0.1, 0.15) is 6.04 Å². The normalized spacial score (nSPS) is 16.9. The number of rotatable bonds is 10. The number of nitrogens with one attached hydrogen (secondary N) is 1. The van der Waals surface area contributed by atoms with Gasteiger partial charge in [-0.1, -0.05) is 13.8 Å².